The third-order valence-electron chi connectivity index (χ3n) is 1.98. The summed E-state index contributed by atoms with van der Waals surface area (Å²) in [5.74, 6) is -0.756. The summed E-state index contributed by atoms with van der Waals surface area (Å²) in [6, 6.07) is 8.85. The monoisotopic (exact) mass is 207 g/mol. The molecule has 1 aromatic carbocycles. The van der Waals surface area contributed by atoms with Gasteiger partial charge in [0.2, 0.25) is 0 Å². The molecule has 0 aliphatic rings. The van der Waals surface area contributed by atoms with Crippen LogP contribution in [0.1, 0.15) is 24.8 Å². The van der Waals surface area contributed by atoms with Gasteiger partial charge in [-0.2, -0.15) is 5.26 Å². The van der Waals surface area contributed by atoms with E-state index in [-0.39, 0.29) is 5.78 Å². The van der Waals surface area contributed by atoms with Gasteiger partial charge in [0.05, 0.1) is 6.07 Å². The SMILES string of the molecule is CCC(=O)[C@@H](C#N)c1cccc(Cl)c1. The average molecular weight is 208 g/mol. The van der Waals surface area contributed by atoms with Crippen LogP contribution in [0.5, 0.6) is 0 Å². The summed E-state index contributed by atoms with van der Waals surface area (Å²) in [5, 5.41) is 9.41. The van der Waals surface area contributed by atoms with Crippen molar-refractivity contribution in [3.8, 4) is 6.07 Å². The number of rotatable bonds is 3. The van der Waals surface area contributed by atoms with Gasteiger partial charge in [-0.3, -0.25) is 4.79 Å². The molecule has 0 aromatic heterocycles. The van der Waals surface area contributed by atoms with E-state index in [4.69, 9.17) is 16.9 Å². The quantitative estimate of drug-likeness (QED) is 0.765. The first kappa shape index (κ1) is 10.7. The van der Waals surface area contributed by atoms with Gasteiger partial charge in [-0.25, -0.2) is 0 Å². The maximum Gasteiger partial charge on any atom is 0.154 e. The highest BCUT2D eigenvalue weighted by Crippen LogP contribution is 2.20. The zero-order valence-corrected chi connectivity index (χ0v) is 8.58. The maximum absolute atomic E-state index is 11.4. The molecule has 0 bridgehead atoms. The Morgan fingerprint density at radius 1 is 1.64 bits per heavy atom. The molecule has 0 saturated heterocycles. The van der Waals surface area contributed by atoms with Crippen molar-refractivity contribution in [3.63, 3.8) is 0 Å². The third-order valence-corrected chi connectivity index (χ3v) is 2.22. The summed E-state index contributed by atoms with van der Waals surface area (Å²) in [6.45, 7) is 1.75. The molecule has 14 heavy (non-hydrogen) atoms. The summed E-state index contributed by atoms with van der Waals surface area (Å²) in [7, 11) is 0. The van der Waals surface area contributed by atoms with E-state index >= 15 is 0 Å². The standard InChI is InChI=1S/C11H10ClNO/c1-2-11(14)10(7-13)8-4-3-5-9(12)6-8/h3-6,10H,2H2,1H3/t10-/m0/s1. The van der Waals surface area contributed by atoms with Crippen LogP contribution in [0, 0.1) is 11.3 Å². The third kappa shape index (κ3) is 2.34. The number of carbonyl (C=O) groups excluding carboxylic acids is 1. The van der Waals surface area contributed by atoms with Crippen LogP contribution in [0.15, 0.2) is 24.3 Å². The molecule has 0 saturated carbocycles. The Hall–Kier alpha value is -1.33. The average Bonchev–Trinajstić information content (AvgIpc) is 2.19. The molecule has 0 amide bonds. The van der Waals surface area contributed by atoms with Crippen molar-refractivity contribution in [3.05, 3.63) is 34.9 Å². The van der Waals surface area contributed by atoms with Gasteiger partial charge in [0.15, 0.2) is 5.78 Å². The predicted octanol–water partition coefficient (Wildman–Crippen LogP) is 2.93. The molecule has 0 spiro atoms. The van der Waals surface area contributed by atoms with Crippen molar-refractivity contribution >= 4 is 17.4 Å². The first-order valence-electron chi connectivity index (χ1n) is 4.36. The highest BCUT2D eigenvalue weighted by molar-refractivity contribution is 6.30. The van der Waals surface area contributed by atoms with Crippen molar-refractivity contribution in [1.29, 1.82) is 5.26 Å². The lowest BCUT2D eigenvalue weighted by Crippen LogP contribution is -2.08. The van der Waals surface area contributed by atoms with Gasteiger partial charge in [0, 0.05) is 11.4 Å². The largest absolute Gasteiger partial charge is 0.298 e. The van der Waals surface area contributed by atoms with Crippen LogP contribution < -0.4 is 0 Å². The second-order valence-corrected chi connectivity index (χ2v) is 3.37. The molecule has 0 aliphatic carbocycles. The number of nitrogens with zero attached hydrogens (tertiary/aromatic N) is 1. The second kappa shape index (κ2) is 4.78. The normalized spacial score (nSPS) is 11.8. The first-order chi connectivity index (χ1) is 6.69. The number of hydrogen-bond acceptors (Lipinski definition) is 2. The van der Waals surface area contributed by atoms with Crippen molar-refractivity contribution in [2.45, 2.75) is 19.3 Å². The summed E-state index contributed by atoms with van der Waals surface area (Å²) in [6.07, 6.45) is 0.366. The predicted molar refractivity (Wildman–Crippen MR) is 55.1 cm³/mol. The van der Waals surface area contributed by atoms with Gasteiger partial charge in [-0.05, 0) is 17.7 Å². The Labute approximate surface area is 88.1 Å². The van der Waals surface area contributed by atoms with E-state index in [0.717, 1.165) is 0 Å². The van der Waals surface area contributed by atoms with Crippen LogP contribution in [-0.4, -0.2) is 5.78 Å². The van der Waals surface area contributed by atoms with E-state index in [9.17, 15) is 4.79 Å². The lowest BCUT2D eigenvalue weighted by atomic mass is 9.95. The van der Waals surface area contributed by atoms with Gasteiger partial charge in [-0.15, -0.1) is 0 Å². The molecule has 0 fully saturated rings. The highest BCUT2D eigenvalue weighted by Gasteiger charge is 2.17. The number of hydrogen-bond donors (Lipinski definition) is 0. The summed E-state index contributed by atoms with van der Waals surface area (Å²) in [4.78, 5) is 11.4. The highest BCUT2D eigenvalue weighted by atomic mass is 35.5. The molecule has 0 radical (unpaired) electrons. The molecule has 0 unspecified atom stereocenters. The number of Topliss-reactive ketones (excluding diaryl/α,β-unsaturated/α-hetero) is 1. The smallest absolute Gasteiger partial charge is 0.154 e. The van der Waals surface area contributed by atoms with Crippen molar-refractivity contribution < 1.29 is 4.79 Å². The molecule has 1 atom stereocenters. The Morgan fingerprint density at radius 3 is 2.86 bits per heavy atom. The van der Waals surface area contributed by atoms with Crippen molar-refractivity contribution in [2.24, 2.45) is 0 Å². The molecular formula is C11H10ClNO. The Morgan fingerprint density at radius 2 is 2.36 bits per heavy atom. The van der Waals surface area contributed by atoms with Crippen LogP contribution >= 0.6 is 11.6 Å². The van der Waals surface area contributed by atoms with Gasteiger partial charge < -0.3 is 0 Å². The number of carbonyl (C=O) groups is 1. The van der Waals surface area contributed by atoms with Gasteiger partial charge in [-0.1, -0.05) is 30.7 Å². The van der Waals surface area contributed by atoms with Crippen LogP contribution in [0.3, 0.4) is 0 Å². The molecule has 2 nitrogen and oxygen atoms in total. The fourth-order valence-electron chi connectivity index (χ4n) is 1.22. The van der Waals surface area contributed by atoms with Crippen LogP contribution in [0.2, 0.25) is 5.02 Å². The minimum Gasteiger partial charge on any atom is -0.298 e. The molecule has 0 N–H and O–H groups in total. The summed E-state index contributed by atoms with van der Waals surface area (Å²) >= 11 is 5.77. The van der Waals surface area contributed by atoms with E-state index in [1.165, 1.54) is 0 Å². The molecule has 3 heteroatoms. The fourth-order valence-corrected chi connectivity index (χ4v) is 1.42. The van der Waals surface area contributed by atoms with Crippen molar-refractivity contribution in [1.82, 2.24) is 0 Å². The van der Waals surface area contributed by atoms with E-state index in [2.05, 4.69) is 0 Å². The van der Waals surface area contributed by atoms with Crippen LogP contribution in [0.25, 0.3) is 0 Å². The molecule has 0 aliphatic heterocycles. The van der Waals surface area contributed by atoms with E-state index in [1.54, 1.807) is 31.2 Å². The zero-order valence-electron chi connectivity index (χ0n) is 7.83. The lowest BCUT2D eigenvalue weighted by Gasteiger charge is -2.06. The Kier molecular flexibility index (Phi) is 3.67. The van der Waals surface area contributed by atoms with Gasteiger partial charge in [0.1, 0.15) is 5.92 Å². The first-order valence-corrected chi connectivity index (χ1v) is 4.74. The van der Waals surface area contributed by atoms with Crippen molar-refractivity contribution in [2.75, 3.05) is 0 Å². The number of benzene rings is 1. The van der Waals surface area contributed by atoms with E-state index < -0.39 is 5.92 Å². The molecule has 1 rings (SSSR count). The molecule has 1 aromatic rings. The minimum absolute atomic E-state index is 0.0743. The Bertz CT molecular complexity index is 381. The molecule has 72 valence electrons. The van der Waals surface area contributed by atoms with E-state index in [1.807, 2.05) is 6.07 Å². The number of ketones is 1. The number of nitriles is 1. The summed E-state index contributed by atoms with van der Waals surface area (Å²) in [5.41, 5.74) is 0.673. The van der Waals surface area contributed by atoms with Crippen LogP contribution in [-0.2, 0) is 4.79 Å². The summed E-state index contributed by atoms with van der Waals surface area (Å²) < 4.78 is 0. The molecule has 0 heterocycles. The second-order valence-electron chi connectivity index (χ2n) is 2.94. The zero-order chi connectivity index (χ0) is 10.6. The lowest BCUT2D eigenvalue weighted by molar-refractivity contribution is -0.119. The van der Waals surface area contributed by atoms with Crippen LogP contribution in [0.4, 0.5) is 0 Å². The fraction of sp³-hybridized carbons (Fsp3) is 0.273. The minimum atomic E-state index is -0.682. The number of halogens is 1. The van der Waals surface area contributed by atoms with E-state index in [0.29, 0.717) is 17.0 Å². The van der Waals surface area contributed by atoms with Gasteiger partial charge >= 0.3 is 0 Å². The molecular weight excluding hydrogens is 198 g/mol. The van der Waals surface area contributed by atoms with Gasteiger partial charge in [0.25, 0.3) is 0 Å². The Balaban J connectivity index is 3.02. The topological polar surface area (TPSA) is 40.9 Å². The maximum atomic E-state index is 11.4.